The Hall–Kier alpha value is -1.31. The van der Waals surface area contributed by atoms with E-state index in [4.69, 9.17) is 0 Å². The highest BCUT2D eigenvalue weighted by Gasteiger charge is 2.17. The number of rotatable bonds is 2. The molecule has 0 amide bonds. The normalized spacial score (nSPS) is 18.1. The van der Waals surface area contributed by atoms with Crippen molar-refractivity contribution in [3.05, 3.63) is 30.3 Å². The van der Waals surface area contributed by atoms with Gasteiger partial charge in [-0.05, 0) is 25.0 Å². The van der Waals surface area contributed by atoms with Crippen molar-refractivity contribution >= 4 is 11.5 Å². The van der Waals surface area contributed by atoms with Crippen LogP contribution in [0, 0.1) is 0 Å². The van der Waals surface area contributed by atoms with Crippen LogP contribution in [0.15, 0.2) is 30.3 Å². The SMILES string of the molecule is O=C1CCC(Nc2ccccc2)CC1. The lowest BCUT2D eigenvalue weighted by atomic mass is 9.94. The van der Waals surface area contributed by atoms with E-state index in [0.717, 1.165) is 31.4 Å². The molecule has 0 unspecified atom stereocenters. The van der Waals surface area contributed by atoms with Crippen molar-refractivity contribution in [2.24, 2.45) is 0 Å². The molecular weight excluding hydrogens is 174 g/mol. The van der Waals surface area contributed by atoms with Gasteiger partial charge in [-0.3, -0.25) is 4.79 Å². The van der Waals surface area contributed by atoms with Gasteiger partial charge in [0.15, 0.2) is 0 Å². The van der Waals surface area contributed by atoms with Crippen molar-refractivity contribution in [3.63, 3.8) is 0 Å². The highest BCUT2D eigenvalue weighted by molar-refractivity contribution is 5.79. The molecule has 1 aliphatic rings. The zero-order chi connectivity index (χ0) is 9.80. The second kappa shape index (κ2) is 4.27. The highest BCUT2D eigenvalue weighted by atomic mass is 16.1. The maximum absolute atomic E-state index is 11.0. The second-order valence-corrected chi connectivity index (χ2v) is 3.82. The van der Waals surface area contributed by atoms with E-state index < -0.39 is 0 Å². The van der Waals surface area contributed by atoms with Crippen LogP contribution < -0.4 is 5.32 Å². The lowest BCUT2D eigenvalue weighted by molar-refractivity contribution is -0.120. The molecule has 0 bridgehead atoms. The highest BCUT2D eigenvalue weighted by Crippen LogP contribution is 2.19. The fraction of sp³-hybridized carbons (Fsp3) is 0.417. The second-order valence-electron chi connectivity index (χ2n) is 3.82. The molecule has 74 valence electrons. The summed E-state index contributed by atoms with van der Waals surface area (Å²) in [6.45, 7) is 0. The third kappa shape index (κ3) is 2.34. The van der Waals surface area contributed by atoms with Crippen molar-refractivity contribution in [2.45, 2.75) is 31.7 Å². The van der Waals surface area contributed by atoms with E-state index in [1.165, 1.54) is 0 Å². The molecule has 0 heterocycles. The summed E-state index contributed by atoms with van der Waals surface area (Å²) in [5.41, 5.74) is 1.16. The summed E-state index contributed by atoms with van der Waals surface area (Å²) in [5.74, 6) is 0.413. The first-order valence-corrected chi connectivity index (χ1v) is 5.18. The van der Waals surface area contributed by atoms with Crippen molar-refractivity contribution in [2.75, 3.05) is 5.32 Å². The van der Waals surface area contributed by atoms with Gasteiger partial charge in [0.2, 0.25) is 0 Å². The number of ketones is 1. The molecule has 1 N–H and O–H groups in total. The molecule has 0 spiro atoms. The molecule has 0 atom stereocenters. The van der Waals surface area contributed by atoms with Gasteiger partial charge < -0.3 is 5.32 Å². The Morgan fingerprint density at radius 1 is 1.07 bits per heavy atom. The van der Waals surface area contributed by atoms with Gasteiger partial charge in [0.25, 0.3) is 0 Å². The monoisotopic (exact) mass is 189 g/mol. The Balaban J connectivity index is 1.89. The third-order valence-electron chi connectivity index (χ3n) is 2.69. The molecule has 1 aromatic carbocycles. The molecule has 1 saturated carbocycles. The van der Waals surface area contributed by atoms with Crippen molar-refractivity contribution < 1.29 is 4.79 Å². The molecule has 0 aliphatic heterocycles. The number of carbonyl (C=O) groups excluding carboxylic acids is 1. The van der Waals surface area contributed by atoms with E-state index in [9.17, 15) is 4.79 Å². The van der Waals surface area contributed by atoms with Crippen LogP contribution in [0.4, 0.5) is 5.69 Å². The van der Waals surface area contributed by atoms with Gasteiger partial charge in [-0.2, -0.15) is 0 Å². The van der Waals surface area contributed by atoms with Gasteiger partial charge in [0.1, 0.15) is 5.78 Å². The molecule has 1 fully saturated rings. The van der Waals surface area contributed by atoms with Crippen LogP contribution in [0.5, 0.6) is 0 Å². The van der Waals surface area contributed by atoms with Gasteiger partial charge in [0.05, 0.1) is 0 Å². The number of benzene rings is 1. The van der Waals surface area contributed by atoms with E-state index in [1.54, 1.807) is 0 Å². The number of carbonyl (C=O) groups is 1. The zero-order valence-corrected chi connectivity index (χ0v) is 8.20. The molecular formula is C12H15NO. The largest absolute Gasteiger partial charge is 0.382 e. The molecule has 0 saturated heterocycles. The number of hydrogen-bond donors (Lipinski definition) is 1. The fourth-order valence-corrected chi connectivity index (χ4v) is 1.85. The minimum absolute atomic E-state index is 0.413. The number of Topliss-reactive ketones (excluding diaryl/α,β-unsaturated/α-hetero) is 1. The number of para-hydroxylation sites is 1. The van der Waals surface area contributed by atoms with E-state index >= 15 is 0 Å². The average Bonchev–Trinajstić information content (AvgIpc) is 2.23. The quantitative estimate of drug-likeness (QED) is 0.774. The number of hydrogen-bond acceptors (Lipinski definition) is 2. The van der Waals surface area contributed by atoms with Crippen LogP contribution in [-0.4, -0.2) is 11.8 Å². The molecule has 14 heavy (non-hydrogen) atoms. The summed E-state index contributed by atoms with van der Waals surface area (Å²) in [6.07, 6.45) is 3.44. The van der Waals surface area contributed by atoms with E-state index in [1.807, 2.05) is 18.2 Å². The van der Waals surface area contributed by atoms with Crippen LogP contribution in [-0.2, 0) is 4.79 Å². The van der Waals surface area contributed by atoms with Crippen LogP contribution in [0.1, 0.15) is 25.7 Å². The lowest BCUT2D eigenvalue weighted by Gasteiger charge is -2.23. The standard InChI is InChI=1S/C12H15NO/c14-12-8-6-11(7-9-12)13-10-4-2-1-3-5-10/h1-5,11,13H,6-9H2. The van der Waals surface area contributed by atoms with Crippen LogP contribution in [0.3, 0.4) is 0 Å². The first kappa shape index (κ1) is 9.25. The summed E-state index contributed by atoms with van der Waals surface area (Å²) in [4.78, 5) is 11.0. The third-order valence-corrected chi connectivity index (χ3v) is 2.69. The summed E-state index contributed by atoms with van der Waals surface area (Å²) < 4.78 is 0. The first-order valence-electron chi connectivity index (χ1n) is 5.18. The number of anilines is 1. The molecule has 0 radical (unpaired) electrons. The Morgan fingerprint density at radius 3 is 2.36 bits per heavy atom. The summed E-state index contributed by atoms with van der Waals surface area (Å²) in [6, 6.07) is 10.7. The molecule has 2 heteroatoms. The predicted octanol–water partition coefficient (Wildman–Crippen LogP) is 2.61. The van der Waals surface area contributed by atoms with Crippen molar-refractivity contribution in [1.82, 2.24) is 0 Å². The number of nitrogens with one attached hydrogen (secondary N) is 1. The Labute approximate surface area is 84.3 Å². The van der Waals surface area contributed by atoms with Crippen LogP contribution in [0.25, 0.3) is 0 Å². The van der Waals surface area contributed by atoms with Gasteiger partial charge in [0, 0.05) is 24.6 Å². The van der Waals surface area contributed by atoms with Crippen molar-refractivity contribution in [1.29, 1.82) is 0 Å². The Morgan fingerprint density at radius 2 is 1.71 bits per heavy atom. The van der Waals surface area contributed by atoms with Crippen LogP contribution in [0.2, 0.25) is 0 Å². The van der Waals surface area contributed by atoms with E-state index in [0.29, 0.717) is 11.8 Å². The topological polar surface area (TPSA) is 29.1 Å². The fourth-order valence-electron chi connectivity index (χ4n) is 1.85. The Bertz CT molecular complexity index is 297. The molecule has 2 rings (SSSR count). The molecule has 1 aromatic rings. The minimum Gasteiger partial charge on any atom is -0.382 e. The first-order chi connectivity index (χ1) is 6.84. The van der Waals surface area contributed by atoms with Crippen LogP contribution >= 0.6 is 0 Å². The van der Waals surface area contributed by atoms with Gasteiger partial charge >= 0.3 is 0 Å². The average molecular weight is 189 g/mol. The van der Waals surface area contributed by atoms with Gasteiger partial charge in [-0.1, -0.05) is 18.2 Å². The van der Waals surface area contributed by atoms with E-state index in [-0.39, 0.29) is 0 Å². The Kier molecular flexibility index (Phi) is 2.82. The molecule has 0 aromatic heterocycles. The van der Waals surface area contributed by atoms with Gasteiger partial charge in [-0.15, -0.1) is 0 Å². The minimum atomic E-state index is 0.413. The smallest absolute Gasteiger partial charge is 0.133 e. The van der Waals surface area contributed by atoms with E-state index in [2.05, 4.69) is 17.4 Å². The summed E-state index contributed by atoms with van der Waals surface area (Å²) in [7, 11) is 0. The molecule has 1 aliphatic carbocycles. The zero-order valence-electron chi connectivity index (χ0n) is 8.20. The lowest BCUT2D eigenvalue weighted by Crippen LogP contribution is -2.25. The summed E-state index contributed by atoms with van der Waals surface area (Å²) >= 11 is 0. The predicted molar refractivity (Wildman–Crippen MR) is 57.3 cm³/mol. The summed E-state index contributed by atoms with van der Waals surface area (Å²) in [5, 5.41) is 3.45. The van der Waals surface area contributed by atoms with Crippen molar-refractivity contribution in [3.8, 4) is 0 Å². The van der Waals surface area contributed by atoms with Gasteiger partial charge in [-0.25, -0.2) is 0 Å². The maximum atomic E-state index is 11.0. The molecule has 2 nitrogen and oxygen atoms in total. The maximum Gasteiger partial charge on any atom is 0.133 e.